The molecular formula is C47H45N. The SMILES string of the molecule is Cc1cccc(N(c2cc(C(C)(C)C)cc(C(C)(C)C)c2)c2ccc3c(-c4ccccc4)c4ccccc4c(-c4ccccc4)c3c2)c1. The first kappa shape index (κ1) is 31.5. The summed E-state index contributed by atoms with van der Waals surface area (Å²) in [7, 11) is 0. The maximum Gasteiger partial charge on any atom is 0.0468 e. The molecule has 238 valence electrons. The molecule has 0 aliphatic carbocycles. The fourth-order valence-corrected chi connectivity index (χ4v) is 6.96. The highest BCUT2D eigenvalue weighted by Gasteiger charge is 2.25. The summed E-state index contributed by atoms with van der Waals surface area (Å²) in [6, 6.07) is 53.9. The summed E-state index contributed by atoms with van der Waals surface area (Å²) in [4.78, 5) is 2.46. The number of nitrogens with zero attached hydrogens (tertiary/aromatic N) is 1. The van der Waals surface area contributed by atoms with Crippen LogP contribution in [0.15, 0.2) is 146 Å². The topological polar surface area (TPSA) is 3.24 Å². The molecule has 7 aromatic rings. The Morgan fingerprint density at radius 2 is 0.854 bits per heavy atom. The number of benzene rings is 7. The van der Waals surface area contributed by atoms with E-state index in [0.29, 0.717) is 0 Å². The lowest BCUT2D eigenvalue weighted by Gasteiger charge is -2.32. The van der Waals surface area contributed by atoms with Crippen molar-refractivity contribution in [1.29, 1.82) is 0 Å². The minimum Gasteiger partial charge on any atom is -0.310 e. The summed E-state index contributed by atoms with van der Waals surface area (Å²) in [5, 5.41) is 5.03. The third-order valence-corrected chi connectivity index (χ3v) is 9.56. The molecule has 48 heavy (non-hydrogen) atoms. The second kappa shape index (κ2) is 12.1. The fraction of sp³-hybridized carbons (Fsp3) is 0.191. The Morgan fingerprint density at radius 3 is 1.38 bits per heavy atom. The second-order valence-electron chi connectivity index (χ2n) is 15.2. The Hall–Kier alpha value is -5.14. The zero-order valence-corrected chi connectivity index (χ0v) is 29.3. The number of fused-ring (bicyclic) bond motifs is 2. The van der Waals surface area contributed by atoms with E-state index in [4.69, 9.17) is 0 Å². The van der Waals surface area contributed by atoms with Crippen LogP contribution in [0.25, 0.3) is 43.8 Å². The van der Waals surface area contributed by atoms with Crippen molar-refractivity contribution in [3.63, 3.8) is 0 Å². The molecule has 0 fully saturated rings. The van der Waals surface area contributed by atoms with Gasteiger partial charge in [0.05, 0.1) is 0 Å². The molecule has 0 heterocycles. The molecule has 1 heteroatoms. The van der Waals surface area contributed by atoms with Crippen LogP contribution in [-0.2, 0) is 10.8 Å². The predicted octanol–water partition coefficient (Wildman–Crippen LogP) is 13.7. The van der Waals surface area contributed by atoms with Crippen molar-refractivity contribution in [3.8, 4) is 22.3 Å². The zero-order valence-electron chi connectivity index (χ0n) is 29.3. The van der Waals surface area contributed by atoms with Crippen LogP contribution >= 0.6 is 0 Å². The Morgan fingerprint density at radius 1 is 0.375 bits per heavy atom. The van der Waals surface area contributed by atoms with Gasteiger partial charge in [0.15, 0.2) is 0 Å². The third kappa shape index (κ3) is 5.90. The minimum absolute atomic E-state index is 0.00164. The molecule has 1 nitrogen and oxygen atoms in total. The van der Waals surface area contributed by atoms with Crippen molar-refractivity contribution in [2.45, 2.75) is 59.3 Å². The molecule has 0 spiro atoms. The lowest BCUT2D eigenvalue weighted by Crippen LogP contribution is -2.19. The summed E-state index contributed by atoms with van der Waals surface area (Å²) in [6.07, 6.45) is 0. The van der Waals surface area contributed by atoms with Gasteiger partial charge in [-0.3, -0.25) is 0 Å². The second-order valence-corrected chi connectivity index (χ2v) is 15.2. The van der Waals surface area contributed by atoms with Crippen LogP contribution in [0.3, 0.4) is 0 Å². The van der Waals surface area contributed by atoms with Gasteiger partial charge in [-0.1, -0.05) is 151 Å². The van der Waals surface area contributed by atoms with Crippen LogP contribution < -0.4 is 4.90 Å². The van der Waals surface area contributed by atoms with E-state index in [0.717, 1.165) is 11.4 Å². The molecular weight excluding hydrogens is 579 g/mol. The van der Waals surface area contributed by atoms with E-state index in [9.17, 15) is 0 Å². The van der Waals surface area contributed by atoms with Gasteiger partial charge in [0.25, 0.3) is 0 Å². The van der Waals surface area contributed by atoms with E-state index in [2.05, 4.69) is 199 Å². The average Bonchev–Trinajstić information content (AvgIpc) is 3.07. The first-order valence-corrected chi connectivity index (χ1v) is 17.1. The van der Waals surface area contributed by atoms with Crippen LogP contribution in [0.1, 0.15) is 58.2 Å². The highest BCUT2D eigenvalue weighted by Crippen LogP contribution is 2.47. The molecule has 0 bridgehead atoms. The standard InChI is InChI=1S/C47H45N/c1-32-17-16-22-37(27-32)48(39-29-35(46(2,3)4)28-36(30-39)47(5,6)7)38-25-26-42-43(31-38)45(34-20-12-9-13-21-34)41-24-15-14-23-40(41)44(42)33-18-10-8-11-19-33/h8-31H,1-7H3. The van der Waals surface area contributed by atoms with Crippen molar-refractivity contribution in [2.75, 3.05) is 4.90 Å². The third-order valence-electron chi connectivity index (χ3n) is 9.56. The first-order valence-electron chi connectivity index (χ1n) is 17.1. The summed E-state index contributed by atoms with van der Waals surface area (Å²) in [6.45, 7) is 16.1. The monoisotopic (exact) mass is 623 g/mol. The molecule has 0 N–H and O–H groups in total. The zero-order chi connectivity index (χ0) is 33.6. The van der Waals surface area contributed by atoms with E-state index in [-0.39, 0.29) is 10.8 Å². The quantitative estimate of drug-likeness (QED) is 0.172. The Kier molecular flexibility index (Phi) is 7.96. The number of anilines is 3. The van der Waals surface area contributed by atoms with Gasteiger partial charge >= 0.3 is 0 Å². The molecule has 0 aromatic heterocycles. The predicted molar refractivity (Wildman–Crippen MR) is 209 cm³/mol. The molecule has 0 saturated heterocycles. The van der Waals surface area contributed by atoms with Crippen molar-refractivity contribution in [3.05, 3.63) is 162 Å². The van der Waals surface area contributed by atoms with E-state index in [1.54, 1.807) is 0 Å². The van der Waals surface area contributed by atoms with Crippen LogP contribution in [0.4, 0.5) is 17.1 Å². The summed E-state index contributed by atoms with van der Waals surface area (Å²) in [5.74, 6) is 0. The Bertz CT molecular complexity index is 2210. The molecule has 7 aromatic carbocycles. The highest BCUT2D eigenvalue weighted by molar-refractivity contribution is 6.22. The molecule has 0 amide bonds. The fourth-order valence-electron chi connectivity index (χ4n) is 6.96. The van der Waals surface area contributed by atoms with Crippen LogP contribution in [-0.4, -0.2) is 0 Å². The van der Waals surface area contributed by atoms with Gasteiger partial charge in [0.1, 0.15) is 0 Å². The lowest BCUT2D eigenvalue weighted by atomic mass is 9.80. The highest BCUT2D eigenvalue weighted by atomic mass is 15.1. The minimum atomic E-state index is 0.00164. The number of rotatable bonds is 5. The van der Waals surface area contributed by atoms with Gasteiger partial charge in [-0.2, -0.15) is 0 Å². The molecule has 0 aliphatic rings. The molecule has 0 saturated carbocycles. The Labute approximate surface area is 286 Å². The number of hydrogen-bond acceptors (Lipinski definition) is 1. The van der Waals surface area contributed by atoms with Crippen LogP contribution in [0.2, 0.25) is 0 Å². The average molecular weight is 624 g/mol. The Balaban J connectivity index is 1.60. The maximum atomic E-state index is 2.46. The molecule has 0 radical (unpaired) electrons. The molecule has 0 aliphatic heterocycles. The van der Waals surface area contributed by atoms with Gasteiger partial charge in [0, 0.05) is 17.1 Å². The summed E-state index contributed by atoms with van der Waals surface area (Å²) >= 11 is 0. The van der Waals surface area contributed by atoms with E-state index < -0.39 is 0 Å². The van der Waals surface area contributed by atoms with Gasteiger partial charge < -0.3 is 4.90 Å². The van der Waals surface area contributed by atoms with E-state index in [1.807, 2.05) is 0 Å². The molecule has 0 atom stereocenters. The van der Waals surface area contributed by atoms with Gasteiger partial charge in [0.2, 0.25) is 0 Å². The van der Waals surface area contributed by atoms with E-state index in [1.165, 1.54) is 66.2 Å². The first-order chi connectivity index (χ1) is 23.0. The van der Waals surface area contributed by atoms with Gasteiger partial charge in [-0.25, -0.2) is 0 Å². The van der Waals surface area contributed by atoms with Crippen LogP contribution in [0, 0.1) is 6.92 Å². The van der Waals surface area contributed by atoms with Crippen molar-refractivity contribution < 1.29 is 0 Å². The van der Waals surface area contributed by atoms with Crippen LogP contribution in [0.5, 0.6) is 0 Å². The van der Waals surface area contributed by atoms with Crippen molar-refractivity contribution >= 4 is 38.6 Å². The molecule has 0 unspecified atom stereocenters. The normalized spacial score (nSPS) is 12.1. The van der Waals surface area contributed by atoms with Crippen molar-refractivity contribution in [2.24, 2.45) is 0 Å². The van der Waals surface area contributed by atoms with E-state index >= 15 is 0 Å². The van der Waals surface area contributed by atoms with Crippen molar-refractivity contribution in [1.82, 2.24) is 0 Å². The largest absolute Gasteiger partial charge is 0.310 e. The number of hydrogen-bond donors (Lipinski definition) is 0. The lowest BCUT2D eigenvalue weighted by molar-refractivity contribution is 0.569. The van der Waals surface area contributed by atoms with Gasteiger partial charge in [-0.15, -0.1) is 0 Å². The summed E-state index contributed by atoms with van der Waals surface area (Å²) in [5.41, 5.74) is 12.4. The molecule has 7 rings (SSSR count). The number of aryl methyl sites for hydroxylation is 1. The maximum absolute atomic E-state index is 2.46. The van der Waals surface area contributed by atoms with Gasteiger partial charge in [-0.05, 0) is 115 Å². The summed E-state index contributed by atoms with van der Waals surface area (Å²) < 4.78 is 0. The smallest absolute Gasteiger partial charge is 0.0468 e.